The van der Waals surface area contributed by atoms with Crippen LogP contribution in [0.2, 0.25) is 0 Å². The standard InChI is InChI=1S/3C13H18N4O3S2.Al/c3*14-22(19,20)12-17-16-11(21-12)15-10(18)13-4-7-1-8(5-13)3-9(2-7)6-13;/h3*7-9H,1-6H2,(H3,14,15,16,18,19,20);/q;;;+3/p-3. The summed E-state index contributed by atoms with van der Waals surface area (Å²) in [5.41, 5.74) is -0.915. The molecule has 360 valence electrons. The third kappa shape index (κ3) is 10.1. The SMILES string of the molecule is [Al+3].[NH-]S(=O)(=O)c1nnc(NC(=O)C23CC4CC(CC(C4)C2)C3)s1.[NH-]S(=O)(=O)c1nnc(NC(=O)C23CC4CC(CC(C4)C2)C3)s1.[NH-]S(=O)(=O)c1nnc(NC(=O)C23CC4CC(CC(C4)C2)C3)s1. The number of amides is 3. The first-order valence-corrected chi connectivity index (χ1v) is 29.4. The van der Waals surface area contributed by atoms with Crippen LogP contribution in [0.4, 0.5) is 15.4 Å². The fraction of sp³-hybridized carbons (Fsp3) is 0.769. The molecule has 15 rings (SSSR count). The summed E-state index contributed by atoms with van der Waals surface area (Å²) < 4.78 is 65.6. The molecule has 3 aromatic heterocycles. The average molecular weight is 1050 g/mol. The first-order chi connectivity index (χ1) is 31.0. The molecule has 0 unspecified atom stereocenters. The van der Waals surface area contributed by atoms with Crippen molar-refractivity contribution in [2.75, 3.05) is 16.0 Å². The van der Waals surface area contributed by atoms with Gasteiger partial charge in [-0.2, -0.15) is 0 Å². The van der Waals surface area contributed by atoms with E-state index >= 15 is 0 Å². The topological polar surface area (TPSA) is 338 Å². The summed E-state index contributed by atoms with van der Waals surface area (Å²) in [6, 6.07) is 0. The number of aromatic nitrogens is 6. The summed E-state index contributed by atoms with van der Waals surface area (Å²) in [6.45, 7) is 0. The molecule has 0 aliphatic heterocycles. The summed E-state index contributed by atoms with van der Waals surface area (Å²) in [5.74, 6) is 5.83. The summed E-state index contributed by atoms with van der Waals surface area (Å²) >= 11 is 2.23. The van der Waals surface area contributed by atoms with Crippen LogP contribution in [0.25, 0.3) is 15.4 Å². The van der Waals surface area contributed by atoms with Crippen molar-refractivity contribution in [2.24, 2.45) is 69.5 Å². The maximum absolute atomic E-state index is 12.8. The van der Waals surface area contributed by atoms with Gasteiger partial charge in [0.1, 0.15) is 30.1 Å². The molecule has 0 spiro atoms. The number of nitrogens with zero attached hydrogens (tertiary/aromatic N) is 6. The first-order valence-electron chi connectivity index (χ1n) is 22.5. The van der Waals surface area contributed by atoms with Crippen LogP contribution < -0.4 is 16.0 Å². The molecule has 12 bridgehead atoms. The number of nitrogens with one attached hydrogen (secondary N) is 6. The molecule has 3 heterocycles. The largest absolute Gasteiger partial charge is 3.00 e. The molecule has 0 aromatic carbocycles. The third-order valence-corrected chi connectivity index (χ3v) is 22.4. The Bertz CT molecular complexity index is 2380. The Morgan fingerprint density at radius 3 is 0.716 bits per heavy atom. The monoisotopic (exact) mass is 1050 g/mol. The van der Waals surface area contributed by atoms with Crippen LogP contribution in [0.5, 0.6) is 0 Å². The third-order valence-electron chi connectivity index (χ3n) is 16.1. The van der Waals surface area contributed by atoms with Gasteiger partial charge in [-0.15, -0.1) is 30.6 Å². The Hall–Kier alpha value is -2.65. The minimum atomic E-state index is -4.12. The van der Waals surface area contributed by atoms with Crippen molar-refractivity contribution in [2.45, 2.75) is 129 Å². The summed E-state index contributed by atoms with van der Waals surface area (Å²) in [4.78, 5) is 38.3. The van der Waals surface area contributed by atoms with Crippen LogP contribution in [-0.4, -0.2) is 90.9 Å². The van der Waals surface area contributed by atoms with Gasteiger partial charge >= 0.3 is 17.4 Å². The molecule has 0 saturated heterocycles. The van der Waals surface area contributed by atoms with Gasteiger partial charge in [-0.1, -0.05) is 34.0 Å². The number of hydrogen-bond acceptors (Lipinski definition) is 18. The van der Waals surface area contributed by atoms with E-state index in [4.69, 9.17) is 15.4 Å². The number of anilines is 3. The Kier molecular flexibility index (Phi) is 13.2. The molecule has 21 nitrogen and oxygen atoms in total. The van der Waals surface area contributed by atoms with Crippen molar-refractivity contribution in [3.05, 3.63) is 15.4 Å². The molecular weight excluding hydrogens is 1000 g/mol. The Labute approximate surface area is 411 Å². The van der Waals surface area contributed by atoms with Crippen LogP contribution in [-0.2, 0) is 44.5 Å². The molecule has 12 fully saturated rings. The van der Waals surface area contributed by atoms with Gasteiger partial charge in [0.05, 0.1) is 16.2 Å². The van der Waals surface area contributed by atoms with E-state index in [1.54, 1.807) is 0 Å². The molecule has 3 amide bonds. The van der Waals surface area contributed by atoms with E-state index in [0.29, 0.717) is 53.3 Å². The zero-order valence-electron chi connectivity index (χ0n) is 36.3. The van der Waals surface area contributed by atoms with Crippen molar-refractivity contribution in [1.29, 1.82) is 0 Å². The van der Waals surface area contributed by atoms with Gasteiger partial charge < -0.3 is 31.4 Å². The van der Waals surface area contributed by atoms with Gasteiger partial charge in [-0.3, -0.25) is 14.4 Å². The second-order valence-corrected chi connectivity index (χ2v) is 29.0. The van der Waals surface area contributed by atoms with Crippen LogP contribution >= 0.6 is 34.0 Å². The number of rotatable bonds is 9. The summed E-state index contributed by atoms with van der Waals surface area (Å²) in [6.07, 6.45) is 19.7. The fourth-order valence-corrected chi connectivity index (χ4v) is 18.9. The van der Waals surface area contributed by atoms with E-state index in [1.165, 1.54) is 57.8 Å². The van der Waals surface area contributed by atoms with E-state index in [1.807, 2.05) is 0 Å². The van der Waals surface area contributed by atoms with Gasteiger partial charge in [-0.25, -0.2) is 25.3 Å². The molecule has 28 heteroatoms. The second kappa shape index (κ2) is 17.9. The van der Waals surface area contributed by atoms with Crippen molar-refractivity contribution in [3.63, 3.8) is 0 Å². The fourth-order valence-electron chi connectivity index (χ4n) is 15.0. The van der Waals surface area contributed by atoms with Gasteiger partial charge in [0.2, 0.25) is 46.1 Å². The predicted molar refractivity (Wildman–Crippen MR) is 248 cm³/mol. The van der Waals surface area contributed by atoms with E-state index in [-0.39, 0.29) is 79.7 Å². The van der Waals surface area contributed by atoms with E-state index < -0.39 is 30.1 Å². The molecular formula is C39H51AlN12O9S6. The molecule has 12 aliphatic carbocycles. The molecule has 0 atom stereocenters. The van der Waals surface area contributed by atoms with Gasteiger partial charge in [0.15, 0.2) is 0 Å². The number of carbonyl (C=O) groups is 3. The number of carbonyl (C=O) groups excluding carboxylic acids is 3. The van der Waals surface area contributed by atoms with Crippen LogP contribution in [0.3, 0.4) is 0 Å². The van der Waals surface area contributed by atoms with Crippen LogP contribution in [0.15, 0.2) is 13.0 Å². The van der Waals surface area contributed by atoms with Crippen molar-refractivity contribution in [3.8, 4) is 0 Å². The maximum Gasteiger partial charge on any atom is 3.00 e. The van der Waals surface area contributed by atoms with Gasteiger partial charge in [-0.05, 0) is 169 Å². The minimum absolute atomic E-state index is 0. The van der Waals surface area contributed by atoms with Crippen molar-refractivity contribution < 1.29 is 39.6 Å². The molecule has 3 aromatic rings. The quantitative estimate of drug-likeness (QED) is 0.145. The molecule has 12 aliphatic rings. The van der Waals surface area contributed by atoms with E-state index in [2.05, 4.69) is 46.5 Å². The zero-order chi connectivity index (χ0) is 46.6. The molecule has 0 radical (unpaired) electrons. The minimum Gasteiger partial charge on any atom is -0.558 e. The zero-order valence-corrected chi connectivity index (χ0v) is 42.4. The van der Waals surface area contributed by atoms with E-state index in [9.17, 15) is 39.6 Å². The van der Waals surface area contributed by atoms with Crippen LogP contribution in [0.1, 0.15) is 116 Å². The normalized spacial score (nSPS) is 36.0. The van der Waals surface area contributed by atoms with Crippen molar-refractivity contribution >= 4 is 115 Å². The number of hydrogen-bond donors (Lipinski definition) is 3. The first kappa shape index (κ1) is 49.3. The molecule has 6 N–H and O–H groups in total. The molecule has 67 heavy (non-hydrogen) atoms. The molecule has 12 saturated carbocycles. The maximum atomic E-state index is 12.8. The average Bonchev–Trinajstić information content (AvgIpc) is 3.99. The Balaban J connectivity index is 0.000000125. The van der Waals surface area contributed by atoms with Crippen molar-refractivity contribution in [1.82, 2.24) is 30.6 Å². The van der Waals surface area contributed by atoms with Gasteiger partial charge in [0.25, 0.3) is 0 Å². The predicted octanol–water partition coefficient (Wildman–Crippen LogP) is 6.92. The Morgan fingerprint density at radius 1 is 0.388 bits per heavy atom. The van der Waals surface area contributed by atoms with Crippen LogP contribution in [0, 0.1) is 69.5 Å². The van der Waals surface area contributed by atoms with E-state index in [0.717, 1.165) is 91.8 Å². The second-order valence-electron chi connectivity index (χ2n) is 21.1. The Morgan fingerprint density at radius 2 is 0.567 bits per heavy atom. The number of sulfonamides is 3. The van der Waals surface area contributed by atoms with Gasteiger partial charge in [0, 0.05) is 0 Å². The summed E-state index contributed by atoms with van der Waals surface area (Å²) in [7, 11) is -12.4. The summed E-state index contributed by atoms with van der Waals surface area (Å²) in [5, 5.41) is 51.1. The smallest absolute Gasteiger partial charge is 0.558 e.